The van der Waals surface area contributed by atoms with Crippen molar-refractivity contribution < 1.29 is 9.84 Å². The number of nitrogens with zero attached hydrogens (tertiary/aromatic N) is 1. The molecule has 2 atom stereocenters. The molecule has 0 saturated carbocycles. The average Bonchev–Trinajstić information content (AvgIpc) is 2.55. The number of aliphatic hydroxyl groups is 1. The predicted octanol–water partition coefficient (Wildman–Crippen LogP) is 2.06. The Labute approximate surface area is 138 Å². The largest absolute Gasteiger partial charge is 0.497 e. The van der Waals surface area contributed by atoms with E-state index in [2.05, 4.69) is 11.0 Å². The van der Waals surface area contributed by atoms with Crippen LogP contribution in [0.4, 0.5) is 0 Å². The summed E-state index contributed by atoms with van der Waals surface area (Å²) in [6.45, 7) is 1.28. The van der Waals surface area contributed by atoms with Crippen LogP contribution in [0.15, 0.2) is 54.6 Å². The quantitative estimate of drug-likeness (QED) is 0.783. The van der Waals surface area contributed by atoms with Gasteiger partial charge in [0.2, 0.25) is 0 Å². The molecule has 0 aromatic heterocycles. The molecular weight excluding hydrogens is 288 g/mol. The van der Waals surface area contributed by atoms with Gasteiger partial charge in [0.15, 0.2) is 0 Å². The van der Waals surface area contributed by atoms with Gasteiger partial charge < -0.3 is 15.6 Å². The van der Waals surface area contributed by atoms with Crippen LogP contribution in [0.3, 0.4) is 0 Å². The van der Waals surface area contributed by atoms with Crippen molar-refractivity contribution in [3.05, 3.63) is 65.7 Å². The number of hydrogen-bond acceptors (Lipinski definition) is 4. The zero-order valence-electron chi connectivity index (χ0n) is 13.9. The van der Waals surface area contributed by atoms with Gasteiger partial charge in [-0.05, 0) is 36.7 Å². The first-order valence-corrected chi connectivity index (χ1v) is 7.87. The van der Waals surface area contributed by atoms with Gasteiger partial charge in [0, 0.05) is 19.1 Å². The maximum atomic E-state index is 10.3. The van der Waals surface area contributed by atoms with E-state index in [0.29, 0.717) is 13.0 Å². The lowest BCUT2D eigenvalue weighted by Crippen LogP contribution is -2.43. The molecule has 124 valence electrons. The summed E-state index contributed by atoms with van der Waals surface area (Å²) in [4.78, 5) is 2.07. The number of likely N-dealkylation sites (N-methyl/N-ethyl adjacent to an activating group) is 1. The third-order valence-electron chi connectivity index (χ3n) is 3.89. The monoisotopic (exact) mass is 314 g/mol. The highest BCUT2D eigenvalue weighted by Gasteiger charge is 2.17. The average molecular weight is 314 g/mol. The van der Waals surface area contributed by atoms with Crippen molar-refractivity contribution in [1.29, 1.82) is 0 Å². The van der Waals surface area contributed by atoms with Crippen LogP contribution in [0, 0.1) is 0 Å². The second kappa shape index (κ2) is 8.67. The van der Waals surface area contributed by atoms with Gasteiger partial charge in [-0.1, -0.05) is 42.5 Å². The second-order valence-corrected chi connectivity index (χ2v) is 5.97. The van der Waals surface area contributed by atoms with E-state index in [1.165, 1.54) is 0 Å². The van der Waals surface area contributed by atoms with Crippen molar-refractivity contribution >= 4 is 0 Å². The van der Waals surface area contributed by atoms with Gasteiger partial charge in [-0.25, -0.2) is 0 Å². The number of nitrogens with two attached hydrogens (primary N) is 1. The molecule has 0 aliphatic carbocycles. The van der Waals surface area contributed by atoms with Crippen molar-refractivity contribution in [2.45, 2.75) is 25.1 Å². The first-order chi connectivity index (χ1) is 11.1. The van der Waals surface area contributed by atoms with Crippen LogP contribution >= 0.6 is 0 Å². The maximum Gasteiger partial charge on any atom is 0.119 e. The van der Waals surface area contributed by atoms with Gasteiger partial charge in [0.05, 0.1) is 13.2 Å². The third-order valence-corrected chi connectivity index (χ3v) is 3.89. The molecule has 0 aliphatic heterocycles. The zero-order valence-corrected chi connectivity index (χ0v) is 13.9. The Balaban J connectivity index is 1.84. The van der Waals surface area contributed by atoms with E-state index in [9.17, 15) is 5.11 Å². The fraction of sp³-hybridized carbons (Fsp3) is 0.368. The maximum absolute atomic E-state index is 10.3. The first kappa shape index (κ1) is 17.5. The molecule has 0 spiro atoms. The Morgan fingerprint density at radius 3 is 2.48 bits per heavy atom. The van der Waals surface area contributed by atoms with Crippen molar-refractivity contribution in [1.82, 2.24) is 4.90 Å². The highest BCUT2D eigenvalue weighted by Crippen LogP contribution is 2.14. The molecule has 2 aromatic rings. The molecule has 0 amide bonds. The van der Waals surface area contributed by atoms with Gasteiger partial charge in [0.25, 0.3) is 0 Å². The number of aliphatic hydroxyl groups excluding tert-OH is 1. The first-order valence-electron chi connectivity index (χ1n) is 7.87. The minimum absolute atomic E-state index is 0.273. The second-order valence-electron chi connectivity index (χ2n) is 5.97. The minimum atomic E-state index is -0.564. The van der Waals surface area contributed by atoms with E-state index in [1.807, 2.05) is 55.6 Å². The van der Waals surface area contributed by atoms with Gasteiger partial charge in [-0.15, -0.1) is 0 Å². The molecule has 4 heteroatoms. The van der Waals surface area contributed by atoms with Crippen LogP contribution in [0.5, 0.6) is 5.75 Å². The summed E-state index contributed by atoms with van der Waals surface area (Å²) in [5.74, 6) is 0.845. The molecule has 0 radical (unpaired) electrons. The Morgan fingerprint density at radius 2 is 1.78 bits per heavy atom. The number of benzene rings is 2. The fourth-order valence-electron chi connectivity index (χ4n) is 2.62. The highest BCUT2D eigenvalue weighted by molar-refractivity contribution is 5.28. The van der Waals surface area contributed by atoms with E-state index in [-0.39, 0.29) is 6.04 Å². The van der Waals surface area contributed by atoms with E-state index in [0.717, 1.165) is 23.4 Å². The van der Waals surface area contributed by atoms with Crippen LogP contribution < -0.4 is 10.5 Å². The normalized spacial score (nSPS) is 13.8. The molecule has 0 saturated heterocycles. The molecule has 2 aromatic carbocycles. The molecule has 0 fully saturated rings. The predicted molar refractivity (Wildman–Crippen MR) is 93.5 cm³/mol. The summed E-state index contributed by atoms with van der Waals surface area (Å²) in [5.41, 5.74) is 8.44. The SMILES string of the molecule is COc1cccc(CN(C)C[C@@H](O)[C@@H](N)Cc2ccccc2)c1. The number of hydrogen-bond donors (Lipinski definition) is 2. The summed E-state index contributed by atoms with van der Waals surface area (Å²) in [7, 11) is 3.65. The highest BCUT2D eigenvalue weighted by atomic mass is 16.5. The lowest BCUT2D eigenvalue weighted by Gasteiger charge is -2.25. The molecule has 3 N–H and O–H groups in total. The molecule has 2 rings (SSSR count). The van der Waals surface area contributed by atoms with E-state index >= 15 is 0 Å². The molecule has 0 aliphatic rings. The Kier molecular flexibility index (Phi) is 6.59. The Morgan fingerprint density at radius 1 is 1.09 bits per heavy atom. The summed E-state index contributed by atoms with van der Waals surface area (Å²) in [5, 5.41) is 10.3. The topological polar surface area (TPSA) is 58.7 Å². The summed E-state index contributed by atoms with van der Waals surface area (Å²) >= 11 is 0. The third kappa shape index (κ3) is 5.67. The van der Waals surface area contributed by atoms with Crippen molar-refractivity contribution in [3.8, 4) is 5.75 Å². The minimum Gasteiger partial charge on any atom is -0.497 e. The van der Waals surface area contributed by atoms with Gasteiger partial charge >= 0.3 is 0 Å². The lowest BCUT2D eigenvalue weighted by molar-refractivity contribution is 0.0992. The molecule has 4 nitrogen and oxygen atoms in total. The molecule has 0 heterocycles. The van der Waals surface area contributed by atoms with Crippen LogP contribution in [0.1, 0.15) is 11.1 Å². The molecule has 23 heavy (non-hydrogen) atoms. The number of ether oxygens (including phenoxy) is 1. The lowest BCUT2D eigenvalue weighted by atomic mass is 10.0. The van der Waals surface area contributed by atoms with E-state index in [4.69, 9.17) is 10.5 Å². The van der Waals surface area contributed by atoms with Gasteiger partial charge in [-0.3, -0.25) is 4.90 Å². The number of rotatable bonds is 8. The standard InChI is InChI=1S/C19H26N2O2/c1-21(13-16-9-6-10-17(11-16)23-2)14-19(22)18(20)12-15-7-4-3-5-8-15/h3-11,18-19,22H,12-14,20H2,1-2H3/t18-,19+/m0/s1. The van der Waals surface area contributed by atoms with Crippen molar-refractivity contribution in [2.24, 2.45) is 5.73 Å². The molecule has 0 bridgehead atoms. The van der Waals surface area contributed by atoms with Crippen molar-refractivity contribution in [2.75, 3.05) is 20.7 Å². The van der Waals surface area contributed by atoms with E-state index < -0.39 is 6.10 Å². The number of methoxy groups -OCH3 is 1. The van der Waals surface area contributed by atoms with Gasteiger partial charge in [-0.2, -0.15) is 0 Å². The molecule has 0 unspecified atom stereocenters. The van der Waals surface area contributed by atoms with Crippen LogP contribution in [-0.2, 0) is 13.0 Å². The smallest absolute Gasteiger partial charge is 0.119 e. The zero-order chi connectivity index (χ0) is 16.7. The van der Waals surface area contributed by atoms with Crippen LogP contribution in [0.2, 0.25) is 0 Å². The Hall–Kier alpha value is -1.88. The summed E-state index contributed by atoms with van der Waals surface area (Å²) in [6, 6.07) is 17.7. The van der Waals surface area contributed by atoms with E-state index in [1.54, 1.807) is 7.11 Å². The van der Waals surface area contributed by atoms with Crippen LogP contribution in [-0.4, -0.2) is 42.9 Å². The Bertz CT molecular complexity index is 589. The van der Waals surface area contributed by atoms with Gasteiger partial charge in [0.1, 0.15) is 5.75 Å². The summed E-state index contributed by atoms with van der Waals surface area (Å²) in [6.07, 6.45) is 0.112. The van der Waals surface area contributed by atoms with Crippen LogP contribution in [0.25, 0.3) is 0 Å². The molecular formula is C19H26N2O2. The fourth-order valence-corrected chi connectivity index (χ4v) is 2.62. The summed E-state index contributed by atoms with van der Waals surface area (Å²) < 4.78 is 5.23. The van der Waals surface area contributed by atoms with Crippen molar-refractivity contribution in [3.63, 3.8) is 0 Å².